The molecule has 0 N–H and O–H groups in total. The van der Waals surface area contributed by atoms with Gasteiger partial charge in [-0.2, -0.15) is 0 Å². The van der Waals surface area contributed by atoms with Gasteiger partial charge in [-0.25, -0.2) is 0 Å². The van der Waals surface area contributed by atoms with Crippen molar-refractivity contribution >= 4 is 61.5 Å². The summed E-state index contributed by atoms with van der Waals surface area (Å²) < 4.78 is 0. The van der Waals surface area contributed by atoms with Crippen molar-refractivity contribution in [2.75, 3.05) is 27.2 Å². The number of rotatable bonds is 14. The summed E-state index contributed by atoms with van der Waals surface area (Å²) in [6.45, 7) is 3.52. The summed E-state index contributed by atoms with van der Waals surface area (Å²) in [4.78, 5) is 45.3. The van der Waals surface area contributed by atoms with E-state index in [0.29, 0.717) is 0 Å². The van der Waals surface area contributed by atoms with Gasteiger partial charge in [0.1, 0.15) is 0 Å². The van der Waals surface area contributed by atoms with Crippen LogP contribution in [0.4, 0.5) is 0 Å². The Hall–Kier alpha value is -1.38. The zero-order valence-electron chi connectivity index (χ0n) is 19.4. The summed E-state index contributed by atoms with van der Waals surface area (Å²) in [7, 11) is 2.91. The van der Waals surface area contributed by atoms with Crippen molar-refractivity contribution in [1.29, 1.82) is 0 Å². The Morgan fingerprint density at radius 2 is 1.00 bits per heavy atom. The number of carbonyl (C=O) groups is 4. The Bertz CT molecular complexity index is 528. The number of nitrogens with zero attached hydrogens (tertiary/aromatic N) is 2. The summed E-state index contributed by atoms with van der Waals surface area (Å²) in [5.74, 6) is -2.87. The van der Waals surface area contributed by atoms with Gasteiger partial charge >= 0.3 is 37.7 Å². The third-order valence-electron chi connectivity index (χ3n) is 3.95. The fraction of sp³-hybridized carbons (Fsp3) is 0.636. The fourth-order valence-corrected chi connectivity index (χ4v) is 2.12. The van der Waals surface area contributed by atoms with E-state index in [4.69, 9.17) is 0 Å². The van der Waals surface area contributed by atoms with Gasteiger partial charge in [0.15, 0.2) is 0 Å². The topological polar surface area (TPSA) is 121 Å². The average molecular weight is 465 g/mol. The molecule has 0 bridgehead atoms. The molecule has 0 aromatic heterocycles. The molecule has 0 heterocycles. The first-order valence-electron chi connectivity index (χ1n) is 10.3. The van der Waals surface area contributed by atoms with Gasteiger partial charge in [0.05, 0.1) is 25.0 Å². The third-order valence-corrected chi connectivity index (χ3v) is 3.95. The number of amides is 2. The van der Waals surface area contributed by atoms with Gasteiger partial charge < -0.3 is 29.6 Å². The van der Waals surface area contributed by atoms with E-state index in [-0.39, 0.29) is 75.5 Å². The first kappa shape index (κ1) is 34.2. The van der Waals surface area contributed by atoms with Crippen molar-refractivity contribution in [3.8, 4) is 0 Å². The molecular formula is C22H36CaN2O6. The Morgan fingerprint density at radius 1 is 0.677 bits per heavy atom. The van der Waals surface area contributed by atoms with Crippen molar-refractivity contribution < 1.29 is 29.4 Å². The predicted molar refractivity (Wildman–Crippen MR) is 118 cm³/mol. The first-order chi connectivity index (χ1) is 14.1. The number of carboxylic acid groups (broad SMARTS) is 2. The van der Waals surface area contributed by atoms with E-state index in [1.54, 1.807) is 12.2 Å². The van der Waals surface area contributed by atoms with Crippen molar-refractivity contribution in [2.45, 2.75) is 65.2 Å². The van der Waals surface area contributed by atoms with Gasteiger partial charge in [-0.1, -0.05) is 63.8 Å². The Labute approximate surface area is 216 Å². The van der Waals surface area contributed by atoms with Crippen LogP contribution in [-0.2, 0) is 19.2 Å². The number of carbonyl (C=O) groups excluding carboxylic acids is 4. The normalized spacial score (nSPS) is 10.2. The van der Waals surface area contributed by atoms with Gasteiger partial charge in [0.25, 0.3) is 0 Å². The van der Waals surface area contributed by atoms with Crippen LogP contribution < -0.4 is 10.2 Å². The van der Waals surface area contributed by atoms with Gasteiger partial charge in [-0.15, -0.1) is 0 Å². The molecular weight excluding hydrogens is 428 g/mol. The molecule has 172 valence electrons. The minimum Gasteiger partial charge on any atom is -0.548 e. The molecule has 0 atom stereocenters. The van der Waals surface area contributed by atoms with Crippen LogP contribution in [0, 0.1) is 0 Å². The van der Waals surface area contributed by atoms with Gasteiger partial charge in [-0.05, 0) is 12.8 Å². The molecule has 0 saturated heterocycles. The zero-order chi connectivity index (χ0) is 23.4. The van der Waals surface area contributed by atoms with Crippen LogP contribution in [0.25, 0.3) is 0 Å². The first-order valence-corrected chi connectivity index (χ1v) is 10.3. The number of unbranched alkanes of at least 4 members (excludes halogenated alkanes) is 4. The van der Waals surface area contributed by atoms with Crippen LogP contribution in [0.15, 0.2) is 24.3 Å². The standard InChI is InChI=1S/2C11H19NO3.Ca/c2*1-3-4-5-6-7-8-10(13)12(2)9-11(14)15;/h2*6-7H,3-5,8-9H2,1-2H3,(H,14,15);/q;;+2/p-2/b2*7-6+;. The maximum atomic E-state index is 11.3. The molecule has 8 nitrogen and oxygen atoms in total. The van der Waals surface area contributed by atoms with E-state index in [1.807, 2.05) is 12.2 Å². The summed E-state index contributed by atoms with van der Waals surface area (Å²) in [6.07, 6.45) is 14.4. The number of hydrogen-bond acceptors (Lipinski definition) is 6. The molecule has 9 heteroatoms. The van der Waals surface area contributed by atoms with E-state index in [9.17, 15) is 29.4 Å². The number of carboxylic acids is 2. The van der Waals surface area contributed by atoms with Gasteiger partial charge in [0.2, 0.25) is 11.8 Å². The number of aliphatic carboxylic acids is 2. The van der Waals surface area contributed by atoms with Crippen LogP contribution in [0.3, 0.4) is 0 Å². The maximum absolute atomic E-state index is 11.3. The number of allylic oxidation sites excluding steroid dienone is 2. The Balaban J connectivity index is -0.000000490. The van der Waals surface area contributed by atoms with E-state index >= 15 is 0 Å². The van der Waals surface area contributed by atoms with Crippen LogP contribution in [0.5, 0.6) is 0 Å². The molecule has 2 amide bonds. The quantitative estimate of drug-likeness (QED) is 0.207. The number of likely N-dealkylation sites (N-methyl/N-ethyl adjacent to an activating group) is 2. The monoisotopic (exact) mass is 464 g/mol. The minimum atomic E-state index is -1.24. The van der Waals surface area contributed by atoms with E-state index < -0.39 is 11.9 Å². The predicted octanol–water partition coefficient (Wildman–Crippen LogP) is 0.282. The van der Waals surface area contributed by atoms with Crippen molar-refractivity contribution in [1.82, 2.24) is 9.80 Å². The van der Waals surface area contributed by atoms with Gasteiger partial charge in [-0.3, -0.25) is 9.59 Å². The van der Waals surface area contributed by atoms with Crippen molar-refractivity contribution in [2.24, 2.45) is 0 Å². The summed E-state index contributed by atoms with van der Waals surface area (Å²) >= 11 is 0. The van der Waals surface area contributed by atoms with Crippen LogP contribution in [0.2, 0.25) is 0 Å². The van der Waals surface area contributed by atoms with E-state index in [0.717, 1.165) is 48.3 Å². The molecule has 0 unspecified atom stereocenters. The van der Waals surface area contributed by atoms with Crippen molar-refractivity contribution in [3.05, 3.63) is 24.3 Å². The molecule has 0 radical (unpaired) electrons. The second-order valence-electron chi connectivity index (χ2n) is 6.88. The largest absolute Gasteiger partial charge is 2.00 e. The maximum Gasteiger partial charge on any atom is 2.00 e. The SMILES string of the molecule is CCCC/C=C/CC(=O)N(C)CC(=O)[O-].CCCC/C=C/CC(=O)N(C)CC(=O)[O-].[Ca+2]. The molecule has 31 heavy (non-hydrogen) atoms. The molecule has 0 rings (SSSR count). The summed E-state index contributed by atoms with van der Waals surface area (Å²) in [6, 6.07) is 0. The molecule has 0 saturated carbocycles. The van der Waals surface area contributed by atoms with Crippen LogP contribution in [0.1, 0.15) is 65.2 Å². The average Bonchev–Trinajstić information content (AvgIpc) is 2.66. The van der Waals surface area contributed by atoms with E-state index in [1.165, 1.54) is 14.1 Å². The van der Waals surface area contributed by atoms with Crippen molar-refractivity contribution in [3.63, 3.8) is 0 Å². The molecule has 0 fully saturated rings. The van der Waals surface area contributed by atoms with Gasteiger partial charge in [0, 0.05) is 26.9 Å². The minimum absolute atomic E-state index is 0. The number of hydrogen-bond donors (Lipinski definition) is 0. The Kier molecular flexibility index (Phi) is 25.7. The third kappa shape index (κ3) is 24.8. The molecule has 0 spiro atoms. The molecule has 0 aliphatic heterocycles. The Morgan fingerprint density at radius 3 is 1.26 bits per heavy atom. The van der Waals surface area contributed by atoms with Crippen LogP contribution >= 0.6 is 0 Å². The molecule has 0 aliphatic rings. The zero-order valence-corrected chi connectivity index (χ0v) is 21.6. The van der Waals surface area contributed by atoms with Crippen LogP contribution in [-0.4, -0.2) is 98.5 Å². The second-order valence-corrected chi connectivity index (χ2v) is 6.88. The molecule has 0 aromatic carbocycles. The second kappa shape index (κ2) is 23.3. The molecule has 0 aromatic rings. The smallest absolute Gasteiger partial charge is 0.548 e. The summed E-state index contributed by atoms with van der Waals surface area (Å²) in [5.41, 5.74) is 0. The summed E-state index contributed by atoms with van der Waals surface area (Å²) in [5, 5.41) is 20.4. The molecule has 0 aliphatic carbocycles. The fourth-order valence-electron chi connectivity index (χ4n) is 2.12. The van der Waals surface area contributed by atoms with E-state index in [2.05, 4.69) is 13.8 Å².